The number of aromatic nitrogens is 2. The summed E-state index contributed by atoms with van der Waals surface area (Å²) >= 11 is 1.29. The van der Waals surface area contributed by atoms with Gasteiger partial charge in [-0.3, -0.25) is 14.2 Å². The summed E-state index contributed by atoms with van der Waals surface area (Å²) in [6.07, 6.45) is -0.123. The molecule has 0 saturated heterocycles. The molecule has 158 valence electrons. The zero-order valence-electron chi connectivity index (χ0n) is 15.8. The number of carbonyl (C=O) groups is 1. The van der Waals surface area contributed by atoms with Crippen molar-refractivity contribution >= 4 is 18.2 Å². The second kappa shape index (κ2) is 10.9. The zero-order valence-corrected chi connectivity index (χ0v) is 16.6. The Kier molecular flexibility index (Phi) is 8.56. The number of hydrogen-bond acceptors (Lipinski definition) is 6. The topological polar surface area (TPSA) is 70.4 Å². The molecule has 0 aliphatic rings. The van der Waals surface area contributed by atoms with Gasteiger partial charge < -0.3 is 9.47 Å². The van der Waals surface area contributed by atoms with Crippen molar-refractivity contribution in [1.82, 2.24) is 9.55 Å². The van der Waals surface area contributed by atoms with E-state index in [1.165, 1.54) is 36.2 Å². The Morgan fingerprint density at radius 2 is 1.90 bits per heavy atom. The van der Waals surface area contributed by atoms with Gasteiger partial charge in [-0.1, -0.05) is 36.7 Å². The minimum Gasteiger partial charge on any atom is -0.468 e. The third-order valence-corrected chi connectivity index (χ3v) is 4.93. The molecule has 0 aliphatic carbocycles. The van der Waals surface area contributed by atoms with E-state index >= 15 is 0 Å². The Hall–Kier alpha value is -2.49. The fraction of sp³-hybridized carbons (Fsp3) is 0.421. The van der Waals surface area contributed by atoms with Crippen LogP contribution in [0.15, 0.2) is 40.4 Å². The fourth-order valence-electron chi connectivity index (χ4n) is 2.55. The number of aryl methyl sites for hydroxylation is 1. The molecule has 29 heavy (non-hydrogen) atoms. The number of hydrogen-bond donors (Lipinski definition) is 0. The van der Waals surface area contributed by atoms with Crippen molar-refractivity contribution in [1.29, 1.82) is 0 Å². The quantitative estimate of drug-likeness (QED) is 0.230. The Labute approximate surface area is 170 Å². The van der Waals surface area contributed by atoms with Crippen molar-refractivity contribution in [2.45, 2.75) is 44.1 Å². The maximum Gasteiger partial charge on any atom is 0.573 e. The van der Waals surface area contributed by atoms with Crippen molar-refractivity contribution in [2.24, 2.45) is 0 Å². The van der Waals surface area contributed by atoms with E-state index < -0.39 is 17.7 Å². The van der Waals surface area contributed by atoms with Crippen molar-refractivity contribution < 1.29 is 27.4 Å². The van der Waals surface area contributed by atoms with E-state index in [0.717, 1.165) is 36.3 Å². The third kappa shape index (κ3) is 7.12. The predicted molar refractivity (Wildman–Crippen MR) is 102 cm³/mol. The van der Waals surface area contributed by atoms with Crippen LogP contribution in [0, 0.1) is 6.92 Å². The van der Waals surface area contributed by atoms with Gasteiger partial charge in [-0.15, -0.1) is 13.2 Å². The summed E-state index contributed by atoms with van der Waals surface area (Å²) in [4.78, 5) is 27.0. The maximum atomic E-state index is 12.8. The number of ether oxygens (including phenoxy) is 2. The van der Waals surface area contributed by atoms with E-state index in [-0.39, 0.29) is 5.69 Å². The number of carbonyl (C=O) groups excluding carboxylic acids is 1. The van der Waals surface area contributed by atoms with E-state index in [4.69, 9.17) is 0 Å². The van der Waals surface area contributed by atoms with Gasteiger partial charge in [-0.25, -0.2) is 4.98 Å². The number of para-hydroxylation sites is 2. The summed E-state index contributed by atoms with van der Waals surface area (Å²) in [5.41, 5.74) is -0.155. The van der Waals surface area contributed by atoms with Crippen molar-refractivity contribution in [3.05, 3.63) is 46.4 Å². The largest absolute Gasteiger partial charge is 0.573 e. The van der Waals surface area contributed by atoms with Crippen LogP contribution in [0.3, 0.4) is 0 Å². The van der Waals surface area contributed by atoms with E-state index in [1.54, 1.807) is 6.92 Å². The van der Waals surface area contributed by atoms with Crippen LogP contribution in [0.2, 0.25) is 0 Å². The summed E-state index contributed by atoms with van der Waals surface area (Å²) in [5, 5.41) is 0.295. The summed E-state index contributed by atoms with van der Waals surface area (Å²) < 4.78 is 48.1. The predicted octanol–water partition coefficient (Wildman–Crippen LogP) is 4.27. The van der Waals surface area contributed by atoms with Crippen LogP contribution < -0.4 is 10.3 Å². The number of rotatable bonds is 11. The lowest BCUT2D eigenvalue weighted by atomic mass is 10.2. The molecule has 0 saturated carbocycles. The van der Waals surface area contributed by atoms with Gasteiger partial charge in [-0.05, 0) is 31.9 Å². The van der Waals surface area contributed by atoms with Gasteiger partial charge in [0, 0.05) is 17.5 Å². The van der Waals surface area contributed by atoms with Crippen LogP contribution in [-0.4, -0.2) is 34.7 Å². The maximum absolute atomic E-state index is 12.8. The van der Waals surface area contributed by atoms with E-state index in [1.807, 2.05) is 0 Å². The zero-order chi connectivity index (χ0) is 21.3. The van der Waals surface area contributed by atoms with Gasteiger partial charge in [-0.2, -0.15) is 0 Å². The van der Waals surface area contributed by atoms with Crippen LogP contribution in [0.1, 0.15) is 31.2 Å². The molecule has 0 amide bonds. The molecular weight excluding hydrogens is 409 g/mol. The Balaban J connectivity index is 2.16. The van der Waals surface area contributed by atoms with Crippen molar-refractivity contribution in [2.75, 3.05) is 12.4 Å². The van der Waals surface area contributed by atoms with Crippen LogP contribution >= 0.6 is 11.8 Å². The first-order chi connectivity index (χ1) is 13.8. The SMILES string of the molecule is Cc1cnc(SCCCCCCOC=O)n(-c2ccccc2OC(F)(F)F)c1=O. The number of halogens is 3. The Morgan fingerprint density at radius 1 is 1.17 bits per heavy atom. The van der Waals surface area contributed by atoms with Gasteiger partial charge >= 0.3 is 6.36 Å². The number of unbranched alkanes of at least 4 members (excludes halogenated alkanes) is 3. The first-order valence-corrected chi connectivity index (χ1v) is 9.94. The van der Waals surface area contributed by atoms with E-state index in [2.05, 4.69) is 14.5 Å². The van der Waals surface area contributed by atoms with Gasteiger partial charge in [0.2, 0.25) is 0 Å². The smallest absolute Gasteiger partial charge is 0.468 e. The van der Waals surface area contributed by atoms with Gasteiger partial charge in [0.25, 0.3) is 12.0 Å². The van der Waals surface area contributed by atoms with Crippen LogP contribution in [0.5, 0.6) is 5.75 Å². The van der Waals surface area contributed by atoms with Crippen LogP contribution in [0.25, 0.3) is 5.69 Å². The number of benzene rings is 1. The molecule has 0 bridgehead atoms. The first-order valence-electron chi connectivity index (χ1n) is 8.95. The van der Waals surface area contributed by atoms with Crippen LogP contribution in [-0.2, 0) is 9.53 Å². The highest BCUT2D eigenvalue weighted by Crippen LogP contribution is 2.30. The normalized spacial score (nSPS) is 11.3. The summed E-state index contributed by atoms with van der Waals surface area (Å²) in [6, 6.07) is 5.48. The van der Waals surface area contributed by atoms with Crippen LogP contribution in [0.4, 0.5) is 13.2 Å². The molecule has 0 atom stereocenters. The number of nitrogens with zero attached hydrogens (tertiary/aromatic N) is 2. The Bertz CT molecular complexity index is 871. The van der Waals surface area contributed by atoms with Gasteiger partial charge in [0.05, 0.1) is 12.3 Å². The molecule has 0 N–H and O–H groups in total. The number of thioether (sulfide) groups is 1. The molecule has 0 aliphatic heterocycles. The average molecular weight is 430 g/mol. The second-order valence-corrected chi connectivity index (χ2v) is 7.17. The van der Waals surface area contributed by atoms with E-state index in [9.17, 15) is 22.8 Å². The second-order valence-electron chi connectivity index (χ2n) is 6.11. The monoisotopic (exact) mass is 430 g/mol. The van der Waals surface area contributed by atoms with Crippen molar-refractivity contribution in [3.63, 3.8) is 0 Å². The lowest BCUT2D eigenvalue weighted by molar-refractivity contribution is -0.274. The van der Waals surface area contributed by atoms with Crippen molar-refractivity contribution in [3.8, 4) is 11.4 Å². The van der Waals surface area contributed by atoms with Gasteiger partial charge in [0.15, 0.2) is 10.9 Å². The molecule has 1 aromatic heterocycles. The first kappa shape index (κ1) is 22.8. The lowest BCUT2D eigenvalue weighted by Crippen LogP contribution is -2.25. The summed E-state index contributed by atoms with van der Waals surface area (Å²) in [7, 11) is 0. The molecular formula is C19H21F3N2O4S. The minimum atomic E-state index is -4.88. The van der Waals surface area contributed by atoms with Gasteiger partial charge in [0.1, 0.15) is 0 Å². The molecule has 1 heterocycles. The molecule has 10 heteroatoms. The highest BCUT2D eigenvalue weighted by Gasteiger charge is 2.32. The molecule has 6 nitrogen and oxygen atoms in total. The lowest BCUT2D eigenvalue weighted by Gasteiger charge is -2.17. The summed E-state index contributed by atoms with van der Waals surface area (Å²) in [6.45, 7) is 2.35. The Morgan fingerprint density at radius 3 is 2.62 bits per heavy atom. The fourth-order valence-corrected chi connectivity index (χ4v) is 3.52. The average Bonchev–Trinajstić information content (AvgIpc) is 2.66. The highest BCUT2D eigenvalue weighted by atomic mass is 32.2. The number of alkyl halides is 3. The molecule has 1 aromatic carbocycles. The molecule has 2 rings (SSSR count). The minimum absolute atomic E-state index is 0.0143. The molecule has 2 aromatic rings. The molecule has 0 radical (unpaired) electrons. The highest BCUT2D eigenvalue weighted by molar-refractivity contribution is 7.99. The molecule has 0 unspecified atom stereocenters. The summed E-state index contributed by atoms with van der Waals surface area (Å²) in [5.74, 6) is 0.165. The molecule has 0 spiro atoms. The standard InChI is InChI=1S/C19H21F3N2O4S/c1-14-12-23-18(29-11-7-3-2-6-10-27-13-25)24(17(14)26)15-8-4-5-9-16(15)28-19(20,21)22/h4-5,8-9,12-13H,2-3,6-7,10-11H2,1H3. The van der Waals surface area contributed by atoms with E-state index in [0.29, 0.717) is 29.6 Å². The molecule has 0 fully saturated rings. The third-order valence-electron chi connectivity index (χ3n) is 3.89.